The zero-order valence-corrected chi connectivity index (χ0v) is 19.0. The van der Waals surface area contributed by atoms with Crippen LogP contribution in [0.25, 0.3) is 11.1 Å². The molecule has 0 aliphatic heterocycles. The molecule has 1 aliphatic carbocycles. The number of methoxy groups -OCH3 is 1. The standard InChI is InChI=1S/C27H24F4O4/c1-34-21-12-13-22(26(31)25(21)30)35-27(33)18-8-6-17(7-9-18)20-11-10-19(23(28)24(20)29)16-4-2-15(14-32)3-5-16/h6-13,15-16,32H,2-5,14H2,1H3. The van der Waals surface area contributed by atoms with Crippen LogP contribution in [-0.4, -0.2) is 24.8 Å². The molecule has 0 atom stereocenters. The third-order valence-corrected chi connectivity index (χ3v) is 6.52. The van der Waals surface area contributed by atoms with E-state index >= 15 is 0 Å². The molecule has 35 heavy (non-hydrogen) atoms. The van der Waals surface area contributed by atoms with Crippen molar-refractivity contribution >= 4 is 5.97 Å². The van der Waals surface area contributed by atoms with Gasteiger partial charge in [0.25, 0.3) is 0 Å². The van der Waals surface area contributed by atoms with Crippen LogP contribution >= 0.6 is 0 Å². The van der Waals surface area contributed by atoms with Crippen LogP contribution in [0.3, 0.4) is 0 Å². The van der Waals surface area contributed by atoms with E-state index in [0.717, 1.165) is 25.0 Å². The van der Waals surface area contributed by atoms with E-state index in [9.17, 15) is 27.5 Å². The average molecular weight is 488 g/mol. The summed E-state index contributed by atoms with van der Waals surface area (Å²) in [5, 5.41) is 9.28. The molecule has 4 nitrogen and oxygen atoms in total. The maximum Gasteiger partial charge on any atom is 0.343 e. The molecule has 1 N–H and O–H groups in total. The molecule has 3 aromatic carbocycles. The van der Waals surface area contributed by atoms with Gasteiger partial charge >= 0.3 is 5.97 Å². The van der Waals surface area contributed by atoms with E-state index in [2.05, 4.69) is 4.74 Å². The van der Waals surface area contributed by atoms with E-state index in [-0.39, 0.29) is 35.3 Å². The molecule has 0 radical (unpaired) electrons. The van der Waals surface area contributed by atoms with E-state index in [1.807, 2.05) is 0 Å². The maximum atomic E-state index is 14.9. The molecule has 1 fully saturated rings. The zero-order chi connectivity index (χ0) is 25.1. The van der Waals surface area contributed by atoms with Crippen LogP contribution in [0.2, 0.25) is 0 Å². The Hall–Kier alpha value is -3.39. The molecule has 184 valence electrons. The number of benzene rings is 3. The Labute approximate surface area is 200 Å². The highest BCUT2D eigenvalue weighted by atomic mass is 19.2. The molecule has 1 aliphatic rings. The van der Waals surface area contributed by atoms with E-state index < -0.39 is 35.0 Å². The van der Waals surface area contributed by atoms with E-state index in [1.54, 1.807) is 6.07 Å². The lowest BCUT2D eigenvalue weighted by Crippen LogP contribution is -2.17. The first kappa shape index (κ1) is 24.7. The number of hydrogen-bond donors (Lipinski definition) is 1. The molecule has 3 aromatic rings. The first-order valence-electron chi connectivity index (χ1n) is 11.3. The van der Waals surface area contributed by atoms with Gasteiger partial charge in [0.05, 0.1) is 12.7 Å². The SMILES string of the molecule is COc1ccc(OC(=O)c2ccc(-c3ccc(C4CCC(CO)CC4)c(F)c3F)cc2)c(F)c1F. The van der Waals surface area contributed by atoms with Gasteiger partial charge in [0.2, 0.25) is 11.6 Å². The van der Waals surface area contributed by atoms with Crippen molar-refractivity contribution < 1.29 is 36.9 Å². The van der Waals surface area contributed by atoms with Gasteiger partial charge < -0.3 is 14.6 Å². The second-order valence-electron chi connectivity index (χ2n) is 8.59. The molecule has 0 unspecified atom stereocenters. The van der Waals surface area contributed by atoms with Crippen LogP contribution in [0.1, 0.15) is 47.5 Å². The van der Waals surface area contributed by atoms with Crippen molar-refractivity contribution in [1.29, 1.82) is 0 Å². The minimum absolute atomic E-state index is 0.0162. The number of halogens is 4. The van der Waals surface area contributed by atoms with E-state index in [1.165, 1.54) is 37.4 Å². The van der Waals surface area contributed by atoms with Crippen LogP contribution in [0, 0.1) is 29.2 Å². The van der Waals surface area contributed by atoms with Gasteiger partial charge in [-0.2, -0.15) is 8.78 Å². The van der Waals surface area contributed by atoms with Crippen molar-refractivity contribution in [2.75, 3.05) is 13.7 Å². The number of carbonyl (C=O) groups excluding carboxylic acids is 1. The quantitative estimate of drug-likeness (QED) is 0.248. The Bertz CT molecular complexity index is 1220. The summed E-state index contributed by atoms with van der Waals surface area (Å²) in [7, 11) is 1.18. The van der Waals surface area contributed by atoms with Crippen LogP contribution in [0.5, 0.6) is 11.5 Å². The molecule has 0 spiro atoms. The van der Waals surface area contributed by atoms with Gasteiger partial charge in [0.1, 0.15) is 0 Å². The molecule has 0 aromatic heterocycles. The predicted molar refractivity (Wildman–Crippen MR) is 121 cm³/mol. The Morgan fingerprint density at radius 2 is 1.46 bits per heavy atom. The first-order chi connectivity index (χ1) is 16.8. The zero-order valence-electron chi connectivity index (χ0n) is 19.0. The molecule has 8 heteroatoms. The number of carbonyl (C=O) groups is 1. The molecule has 1 saturated carbocycles. The van der Waals surface area contributed by atoms with Crippen LogP contribution in [-0.2, 0) is 0 Å². The van der Waals surface area contributed by atoms with E-state index in [0.29, 0.717) is 24.0 Å². The number of esters is 1. The van der Waals surface area contributed by atoms with Gasteiger partial charge in [-0.15, -0.1) is 0 Å². The largest absolute Gasteiger partial charge is 0.494 e. The number of aliphatic hydroxyl groups excluding tert-OH is 1. The predicted octanol–water partition coefficient (Wildman–Crippen LogP) is 6.40. The topological polar surface area (TPSA) is 55.8 Å². The molecule has 0 bridgehead atoms. The van der Waals surface area contributed by atoms with Crippen molar-refractivity contribution in [1.82, 2.24) is 0 Å². The van der Waals surface area contributed by atoms with Gasteiger partial charge in [-0.3, -0.25) is 0 Å². The molecular formula is C27H24F4O4. The summed E-state index contributed by atoms with van der Waals surface area (Å²) in [5.41, 5.74) is 0.729. The summed E-state index contributed by atoms with van der Waals surface area (Å²) in [6, 6.07) is 10.8. The Kier molecular flexibility index (Phi) is 7.40. The third-order valence-electron chi connectivity index (χ3n) is 6.52. The van der Waals surface area contributed by atoms with Crippen molar-refractivity contribution in [2.45, 2.75) is 31.6 Å². The Balaban J connectivity index is 1.50. The number of rotatable bonds is 6. The highest BCUT2D eigenvalue weighted by Gasteiger charge is 2.26. The molecule has 0 saturated heterocycles. The van der Waals surface area contributed by atoms with Gasteiger partial charge in [-0.1, -0.05) is 24.3 Å². The second kappa shape index (κ2) is 10.5. The monoisotopic (exact) mass is 488 g/mol. The molecule has 4 rings (SSSR count). The van der Waals surface area contributed by atoms with Crippen LogP contribution in [0.4, 0.5) is 17.6 Å². The lowest BCUT2D eigenvalue weighted by atomic mass is 9.78. The number of ether oxygens (including phenoxy) is 2. The highest BCUT2D eigenvalue weighted by Crippen LogP contribution is 2.39. The third kappa shape index (κ3) is 5.03. The lowest BCUT2D eigenvalue weighted by molar-refractivity contribution is 0.0726. The smallest absolute Gasteiger partial charge is 0.343 e. The van der Waals surface area contributed by atoms with Crippen LogP contribution < -0.4 is 9.47 Å². The second-order valence-corrected chi connectivity index (χ2v) is 8.59. The average Bonchev–Trinajstić information content (AvgIpc) is 2.88. The fourth-order valence-electron chi connectivity index (χ4n) is 4.45. The summed E-state index contributed by atoms with van der Waals surface area (Å²) < 4.78 is 67.4. The minimum atomic E-state index is -1.36. The van der Waals surface area contributed by atoms with Gasteiger partial charge in [0, 0.05) is 12.2 Å². The summed E-state index contributed by atoms with van der Waals surface area (Å²) in [6.45, 7) is 0.109. The fraction of sp³-hybridized carbons (Fsp3) is 0.296. The van der Waals surface area contributed by atoms with Crippen molar-refractivity contribution in [3.8, 4) is 22.6 Å². The maximum absolute atomic E-state index is 14.9. The summed E-state index contributed by atoms with van der Waals surface area (Å²) >= 11 is 0. The summed E-state index contributed by atoms with van der Waals surface area (Å²) in [6.07, 6.45) is 2.93. The first-order valence-corrected chi connectivity index (χ1v) is 11.3. The molecular weight excluding hydrogens is 464 g/mol. The molecule has 0 amide bonds. The lowest BCUT2D eigenvalue weighted by Gasteiger charge is -2.28. The Morgan fingerprint density at radius 1 is 0.829 bits per heavy atom. The number of hydrogen-bond acceptors (Lipinski definition) is 4. The van der Waals surface area contributed by atoms with Crippen molar-refractivity contribution in [3.63, 3.8) is 0 Å². The Morgan fingerprint density at radius 3 is 2.09 bits per heavy atom. The highest BCUT2D eigenvalue weighted by molar-refractivity contribution is 5.91. The number of aliphatic hydroxyl groups is 1. The van der Waals surface area contributed by atoms with Crippen molar-refractivity contribution in [2.24, 2.45) is 5.92 Å². The molecule has 0 heterocycles. The van der Waals surface area contributed by atoms with Crippen molar-refractivity contribution in [3.05, 3.63) is 82.9 Å². The summed E-state index contributed by atoms with van der Waals surface area (Å²) in [5.74, 6) is -6.27. The van der Waals surface area contributed by atoms with Gasteiger partial charge in [-0.25, -0.2) is 13.6 Å². The van der Waals surface area contributed by atoms with Crippen LogP contribution in [0.15, 0.2) is 48.5 Å². The normalized spacial score (nSPS) is 17.8. The van der Waals surface area contributed by atoms with E-state index in [4.69, 9.17) is 4.74 Å². The summed E-state index contributed by atoms with van der Waals surface area (Å²) in [4.78, 5) is 12.4. The van der Waals surface area contributed by atoms with Gasteiger partial charge in [0.15, 0.2) is 23.1 Å². The minimum Gasteiger partial charge on any atom is -0.494 e. The van der Waals surface area contributed by atoms with Gasteiger partial charge in [-0.05, 0) is 72.9 Å². The fourth-order valence-corrected chi connectivity index (χ4v) is 4.45.